The summed E-state index contributed by atoms with van der Waals surface area (Å²) in [6.07, 6.45) is 8.27. The summed E-state index contributed by atoms with van der Waals surface area (Å²) in [6, 6.07) is 0. The molecule has 0 aliphatic rings. The molecule has 10 heteroatoms. The number of aliphatic carboxylic acids is 2. The molecule has 4 N–H and O–H groups in total. The van der Waals surface area contributed by atoms with Crippen LogP contribution >= 0.6 is 0 Å². The zero-order valence-corrected chi connectivity index (χ0v) is 21.9. The fourth-order valence-corrected chi connectivity index (χ4v) is 3.03. The molecule has 0 unspecified atom stereocenters. The van der Waals surface area contributed by atoms with Crippen LogP contribution < -0.4 is 5.32 Å². The molecule has 0 aliphatic carbocycles. The second kappa shape index (κ2) is 20.6. The van der Waals surface area contributed by atoms with Crippen molar-refractivity contribution in [1.82, 2.24) is 5.32 Å². The van der Waals surface area contributed by atoms with Crippen LogP contribution in [0.5, 0.6) is 0 Å². The maximum Gasteiger partial charge on any atom is 0.359 e. The minimum atomic E-state index is -1.13. The maximum atomic E-state index is 11.9. The Hall–Kier alpha value is 0.330. The average Bonchev–Trinajstić information content (AvgIpc) is 2.53. The first-order valence-corrected chi connectivity index (χ1v) is 9.51. The van der Waals surface area contributed by atoms with E-state index >= 15 is 0 Å². The number of carbonyl (C=O) groups is 3. The van der Waals surface area contributed by atoms with Gasteiger partial charge in [-0.3, -0.25) is 4.79 Å². The van der Waals surface area contributed by atoms with Crippen LogP contribution in [0.3, 0.4) is 0 Å². The first-order chi connectivity index (χ1) is 12.3. The summed E-state index contributed by atoms with van der Waals surface area (Å²) < 4.78 is -0.293. The number of amides is 1. The molecule has 0 aromatic carbocycles. The van der Waals surface area contributed by atoms with Gasteiger partial charge in [-0.05, 0) is 6.42 Å². The van der Waals surface area contributed by atoms with E-state index in [1.807, 2.05) is 0 Å². The maximum absolute atomic E-state index is 11.9. The summed E-state index contributed by atoms with van der Waals surface area (Å²) in [5.74, 6) is -2.37. The van der Waals surface area contributed by atoms with Gasteiger partial charge < -0.3 is 25.1 Å². The summed E-state index contributed by atoms with van der Waals surface area (Å²) >= 11 is 0. The van der Waals surface area contributed by atoms with Crippen molar-refractivity contribution in [2.24, 2.45) is 0 Å². The number of aliphatic hydroxyl groups excluding tert-OH is 1. The quantitative estimate of drug-likeness (QED) is 0.154. The third-order valence-electron chi connectivity index (χ3n) is 4.43. The molecule has 8 nitrogen and oxygen atoms in total. The van der Waals surface area contributed by atoms with E-state index in [1.165, 1.54) is 25.7 Å². The van der Waals surface area contributed by atoms with Crippen LogP contribution in [-0.2, 0) is 14.4 Å². The Kier molecular flexibility index (Phi) is 24.3. The molecule has 0 atom stereocenters. The minimum Gasteiger partial charge on any atom is -0.477 e. The number of aliphatic hydroxyl groups is 1. The zero-order valence-electron chi connectivity index (χ0n) is 17.9. The summed E-state index contributed by atoms with van der Waals surface area (Å²) in [5, 5.41) is 30.0. The number of nitrogens with zero attached hydrogens (tertiary/aromatic N) is 1. The number of hydrogen-bond acceptors (Lipinski definition) is 4. The van der Waals surface area contributed by atoms with Gasteiger partial charge in [0.25, 0.3) is 0 Å². The monoisotopic (exact) mass is 421 g/mol. The predicted molar refractivity (Wildman–Crippen MR) is 109 cm³/mol. The Morgan fingerprint density at radius 3 is 1.79 bits per heavy atom. The summed E-state index contributed by atoms with van der Waals surface area (Å²) in [5.41, 5.74) is 0. The Bertz CT molecular complexity index is 422. The van der Waals surface area contributed by atoms with Crippen LogP contribution in [0.2, 0.25) is 0 Å². The molecule has 0 aromatic heterocycles. The molecular formula is C18H35N2Na2O6+. The smallest absolute Gasteiger partial charge is 0.359 e. The normalized spacial score (nSPS) is 10.5. The van der Waals surface area contributed by atoms with Crippen LogP contribution in [0.1, 0.15) is 58.3 Å². The van der Waals surface area contributed by atoms with Gasteiger partial charge >= 0.3 is 11.9 Å². The Balaban J connectivity index is -0.00000312. The molecule has 0 aromatic rings. The molecule has 0 bridgehead atoms. The second-order valence-corrected chi connectivity index (χ2v) is 6.84. The SMILES string of the molecule is CCCCCCCCCC(=O)NCC[N+](CCO)(CC(=O)O)CC(=O)O.[Na].[Na]. The molecule has 0 saturated heterocycles. The molecular weight excluding hydrogens is 386 g/mol. The molecule has 0 saturated carbocycles. The third-order valence-corrected chi connectivity index (χ3v) is 4.43. The van der Waals surface area contributed by atoms with E-state index in [-0.39, 0.29) is 95.7 Å². The van der Waals surface area contributed by atoms with E-state index in [0.29, 0.717) is 6.42 Å². The molecule has 0 rings (SSSR count). The second-order valence-electron chi connectivity index (χ2n) is 6.84. The average molecular weight is 421 g/mol. The first-order valence-electron chi connectivity index (χ1n) is 9.51. The van der Waals surface area contributed by atoms with Gasteiger partial charge in [-0.2, -0.15) is 0 Å². The molecule has 2 radical (unpaired) electrons. The van der Waals surface area contributed by atoms with Crippen molar-refractivity contribution in [3.8, 4) is 0 Å². The number of quaternary nitrogens is 1. The molecule has 0 heterocycles. The van der Waals surface area contributed by atoms with Crippen molar-refractivity contribution < 1.29 is 34.2 Å². The van der Waals surface area contributed by atoms with E-state index < -0.39 is 25.0 Å². The van der Waals surface area contributed by atoms with Crippen LogP contribution in [0, 0.1) is 0 Å². The molecule has 0 aliphatic heterocycles. The van der Waals surface area contributed by atoms with Gasteiger partial charge in [0.1, 0.15) is 6.54 Å². The largest absolute Gasteiger partial charge is 0.477 e. The third kappa shape index (κ3) is 18.4. The number of hydrogen-bond donors (Lipinski definition) is 4. The van der Waals surface area contributed by atoms with Gasteiger partial charge in [0, 0.05) is 65.5 Å². The number of unbranched alkanes of at least 4 members (excludes halogenated alkanes) is 6. The van der Waals surface area contributed by atoms with Crippen molar-refractivity contribution in [2.75, 3.05) is 39.3 Å². The fourth-order valence-electron chi connectivity index (χ4n) is 3.03. The number of nitrogens with one attached hydrogen (secondary N) is 1. The minimum absolute atomic E-state index is 0. The van der Waals surface area contributed by atoms with Gasteiger partial charge in [-0.15, -0.1) is 0 Å². The van der Waals surface area contributed by atoms with Crippen molar-refractivity contribution in [3.05, 3.63) is 0 Å². The standard InChI is InChI=1S/C18H34N2O6.2Na/c1-2-3-4-5-6-7-8-9-16(22)19-10-11-20(12-13-21,14-17(23)24)15-18(25)26;;/h21H,2-15H2,1H3,(H2-,19,22,23,24,25,26);;/p+1. The molecule has 1 amide bonds. The molecule has 28 heavy (non-hydrogen) atoms. The van der Waals surface area contributed by atoms with Gasteiger partial charge in [-0.1, -0.05) is 45.4 Å². The van der Waals surface area contributed by atoms with Crippen molar-refractivity contribution >= 4 is 77.0 Å². The van der Waals surface area contributed by atoms with E-state index in [4.69, 9.17) is 15.3 Å². The van der Waals surface area contributed by atoms with Crippen molar-refractivity contribution in [3.63, 3.8) is 0 Å². The summed E-state index contributed by atoms with van der Waals surface area (Å²) in [7, 11) is 0. The fraction of sp³-hybridized carbons (Fsp3) is 0.833. The van der Waals surface area contributed by atoms with Gasteiger partial charge in [0.15, 0.2) is 13.1 Å². The van der Waals surface area contributed by atoms with Crippen LogP contribution in [0.4, 0.5) is 0 Å². The molecule has 0 fully saturated rings. The Morgan fingerprint density at radius 2 is 1.32 bits per heavy atom. The van der Waals surface area contributed by atoms with Crippen molar-refractivity contribution in [2.45, 2.75) is 58.3 Å². The number of carboxylic acid groups (broad SMARTS) is 2. The molecule has 0 spiro atoms. The predicted octanol–water partition coefficient (Wildman–Crippen LogP) is 0.460. The van der Waals surface area contributed by atoms with E-state index in [0.717, 1.165) is 19.3 Å². The first kappa shape index (κ1) is 33.0. The zero-order chi connectivity index (χ0) is 19.8. The van der Waals surface area contributed by atoms with Gasteiger partial charge in [0.2, 0.25) is 5.91 Å². The Morgan fingerprint density at radius 1 is 0.821 bits per heavy atom. The number of carbonyl (C=O) groups excluding carboxylic acids is 1. The topological polar surface area (TPSA) is 124 Å². The van der Waals surface area contributed by atoms with Gasteiger partial charge in [0.05, 0.1) is 19.7 Å². The summed E-state index contributed by atoms with van der Waals surface area (Å²) in [6.45, 7) is 1.42. The van der Waals surface area contributed by atoms with Crippen LogP contribution in [0.15, 0.2) is 0 Å². The van der Waals surface area contributed by atoms with Crippen molar-refractivity contribution in [1.29, 1.82) is 0 Å². The van der Waals surface area contributed by atoms with Gasteiger partial charge in [-0.25, -0.2) is 9.59 Å². The van der Waals surface area contributed by atoms with Crippen LogP contribution in [0.25, 0.3) is 0 Å². The van der Waals surface area contributed by atoms with Crippen LogP contribution in [-0.4, -0.2) is 136 Å². The number of carboxylic acids is 2. The summed E-state index contributed by atoms with van der Waals surface area (Å²) in [4.78, 5) is 34.0. The Labute approximate surface area is 212 Å². The van der Waals surface area contributed by atoms with E-state index in [1.54, 1.807) is 0 Å². The number of rotatable bonds is 17. The van der Waals surface area contributed by atoms with E-state index in [9.17, 15) is 14.4 Å². The molecule has 154 valence electrons. The van der Waals surface area contributed by atoms with E-state index in [2.05, 4.69) is 12.2 Å².